The second kappa shape index (κ2) is 6.54. The quantitative estimate of drug-likeness (QED) is 0.416. The summed E-state index contributed by atoms with van der Waals surface area (Å²) in [6, 6.07) is 30.8. The molecule has 0 N–H and O–H groups in total. The van der Waals surface area contributed by atoms with Gasteiger partial charge in [0.1, 0.15) is 5.52 Å². The summed E-state index contributed by atoms with van der Waals surface area (Å²) < 4.78 is 1.94. The Bertz CT molecular complexity index is 1120. The summed E-state index contributed by atoms with van der Waals surface area (Å²) in [6.45, 7) is 0. The standard InChI is InChI=1S/C24H17N3/c1-4-10-18(11-5-1)21-16-25-23(19-12-6-2-7-13-19)22-17-27(26-24(21)22)20-14-8-3-9-15-20/h1-17H. The van der Waals surface area contributed by atoms with Crippen molar-refractivity contribution in [3.63, 3.8) is 0 Å². The van der Waals surface area contributed by atoms with Gasteiger partial charge in [-0.25, -0.2) is 4.68 Å². The topological polar surface area (TPSA) is 30.7 Å². The highest BCUT2D eigenvalue weighted by Gasteiger charge is 2.15. The molecule has 0 fully saturated rings. The van der Waals surface area contributed by atoms with Crippen LogP contribution in [-0.2, 0) is 0 Å². The number of aromatic nitrogens is 3. The molecule has 2 aromatic heterocycles. The van der Waals surface area contributed by atoms with E-state index in [9.17, 15) is 0 Å². The highest BCUT2D eigenvalue weighted by Crippen LogP contribution is 2.33. The first kappa shape index (κ1) is 15.5. The van der Waals surface area contributed by atoms with Crippen LogP contribution >= 0.6 is 0 Å². The van der Waals surface area contributed by atoms with E-state index in [-0.39, 0.29) is 0 Å². The number of hydrogen-bond donors (Lipinski definition) is 0. The number of rotatable bonds is 3. The number of nitrogens with zero attached hydrogens (tertiary/aromatic N) is 3. The van der Waals surface area contributed by atoms with Crippen LogP contribution in [0.1, 0.15) is 0 Å². The van der Waals surface area contributed by atoms with Crippen LogP contribution in [0.25, 0.3) is 39.0 Å². The molecule has 3 nitrogen and oxygen atoms in total. The van der Waals surface area contributed by atoms with Crippen molar-refractivity contribution in [2.75, 3.05) is 0 Å². The lowest BCUT2D eigenvalue weighted by atomic mass is 10.0. The molecule has 3 aromatic carbocycles. The Hall–Kier alpha value is -3.72. The third-order valence-corrected chi connectivity index (χ3v) is 4.70. The fraction of sp³-hybridized carbons (Fsp3) is 0. The number of fused-ring (bicyclic) bond motifs is 1. The average Bonchev–Trinajstić information content (AvgIpc) is 3.20. The van der Waals surface area contributed by atoms with Crippen LogP contribution in [-0.4, -0.2) is 14.8 Å². The summed E-state index contributed by atoms with van der Waals surface area (Å²) in [7, 11) is 0. The van der Waals surface area contributed by atoms with E-state index in [2.05, 4.69) is 42.6 Å². The summed E-state index contributed by atoms with van der Waals surface area (Å²) in [4.78, 5) is 4.81. The van der Waals surface area contributed by atoms with E-state index in [4.69, 9.17) is 10.1 Å². The van der Waals surface area contributed by atoms with Gasteiger partial charge in [-0.15, -0.1) is 0 Å². The smallest absolute Gasteiger partial charge is 0.104 e. The first-order valence-corrected chi connectivity index (χ1v) is 8.95. The Balaban J connectivity index is 1.80. The molecular weight excluding hydrogens is 330 g/mol. The van der Waals surface area contributed by atoms with Crippen molar-refractivity contribution >= 4 is 10.9 Å². The van der Waals surface area contributed by atoms with E-state index in [0.717, 1.165) is 39.0 Å². The molecule has 128 valence electrons. The van der Waals surface area contributed by atoms with E-state index in [0.29, 0.717) is 0 Å². The van der Waals surface area contributed by atoms with Crippen LogP contribution in [0.2, 0.25) is 0 Å². The maximum absolute atomic E-state index is 4.92. The highest BCUT2D eigenvalue weighted by molar-refractivity contribution is 6.00. The van der Waals surface area contributed by atoms with Gasteiger partial charge in [-0.2, -0.15) is 5.10 Å². The fourth-order valence-corrected chi connectivity index (χ4v) is 3.37. The Kier molecular flexibility index (Phi) is 3.76. The SMILES string of the molecule is c1ccc(-c2ncc(-c3ccccc3)c3nn(-c4ccccc4)cc23)cc1. The molecule has 0 amide bonds. The number of hydrogen-bond acceptors (Lipinski definition) is 2. The van der Waals surface area contributed by atoms with Crippen LogP contribution in [0, 0.1) is 0 Å². The van der Waals surface area contributed by atoms with Gasteiger partial charge in [0.25, 0.3) is 0 Å². The summed E-state index contributed by atoms with van der Waals surface area (Å²) in [6.07, 6.45) is 4.01. The largest absolute Gasteiger partial charge is 0.255 e. The van der Waals surface area contributed by atoms with Gasteiger partial charge in [0, 0.05) is 28.9 Å². The molecule has 5 aromatic rings. The summed E-state index contributed by atoms with van der Waals surface area (Å²) in [5.41, 5.74) is 6.20. The van der Waals surface area contributed by atoms with Crippen molar-refractivity contribution < 1.29 is 0 Å². The first-order valence-electron chi connectivity index (χ1n) is 8.95. The lowest BCUT2D eigenvalue weighted by molar-refractivity contribution is 0.897. The van der Waals surface area contributed by atoms with Gasteiger partial charge in [0.15, 0.2) is 0 Å². The van der Waals surface area contributed by atoms with E-state index in [1.165, 1.54) is 0 Å². The Morgan fingerprint density at radius 1 is 0.630 bits per heavy atom. The molecule has 0 aliphatic rings. The predicted molar refractivity (Wildman–Crippen MR) is 110 cm³/mol. The van der Waals surface area contributed by atoms with Crippen LogP contribution in [0.5, 0.6) is 0 Å². The molecule has 2 heterocycles. The minimum atomic E-state index is 0.951. The molecule has 0 aliphatic carbocycles. The summed E-state index contributed by atoms with van der Waals surface area (Å²) in [5, 5.41) is 5.97. The Morgan fingerprint density at radius 2 is 1.22 bits per heavy atom. The molecular formula is C24H17N3. The second-order valence-corrected chi connectivity index (χ2v) is 6.42. The van der Waals surface area contributed by atoms with Gasteiger partial charge in [0.2, 0.25) is 0 Å². The lowest BCUT2D eigenvalue weighted by Crippen LogP contribution is -1.93. The minimum Gasteiger partial charge on any atom is -0.255 e. The lowest BCUT2D eigenvalue weighted by Gasteiger charge is -2.06. The van der Waals surface area contributed by atoms with Crippen LogP contribution < -0.4 is 0 Å². The Morgan fingerprint density at radius 3 is 1.89 bits per heavy atom. The molecule has 3 heteroatoms. The van der Waals surface area contributed by atoms with Gasteiger partial charge in [0.05, 0.1) is 11.4 Å². The van der Waals surface area contributed by atoms with Crippen molar-refractivity contribution in [3.8, 4) is 28.1 Å². The first-order chi connectivity index (χ1) is 13.4. The predicted octanol–water partition coefficient (Wildman–Crippen LogP) is 5.75. The van der Waals surface area contributed by atoms with Gasteiger partial charge < -0.3 is 0 Å². The molecule has 0 aliphatic heterocycles. The van der Waals surface area contributed by atoms with E-state index < -0.39 is 0 Å². The average molecular weight is 347 g/mol. The van der Waals surface area contributed by atoms with Crippen molar-refractivity contribution in [1.29, 1.82) is 0 Å². The van der Waals surface area contributed by atoms with Crippen LogP contribution in [0.15, 0.2) is 103 Å². The third-order valence-electron chi connectivity index (χ3n) is 4.70. The normalized spacial score (nSPS) is 11.0. The third kappa shape index (κ3) is 2.79. The zero-order chi connectivity index (χ0) is 18.1. The molecule has 0 saturated carbocycles. The van der Waals surface area contributed by atoms with Gasteiger partial charge in [-0.05, 0) is 17.7 Å². The summed E-state index contributed by atoms with van der Waals surface area (Å²) in [5.74, 6) is 0. The van der Waals surface area contributed by atoms with Crippen LogP contribution in [0.3, 0.4) is 0 Å². The van der Waals surface area contributed by atoms with Gasteiger partial charge in [-0.1, -0.05) is 78.9 Å². The monoisotopic (exact) mass is 347 g/mol. The Labute approximate surface area is 157 Å². The molecule has 0 saturated heterocycles. The highest BCUT2D eigenvalue weighted by atomic mass is 15.3. The number of benzene rings is 3. The molecule has 0 bridgehead atoms. The minimum absolute atomic E-state index is 0.951. The van der Waals surface area contributed by atoms with Crippen LogP contribution in [0.4, 0.5) is 0 Å². The van der Waals surface area contributed by atoms with E-state index in [1.54, 1.807) is 0 Å². The van der Waals surface area contributed by atoms with Gasteiger partial charge in [-0.3, -0.25) is 4.98 Å². The zero-order valence-electron chi connectivity index (χ0n) is 14.7. The van der Waals surface area contributed by atoms with Crippen molar-refractivity contribution in [2.45, 2.75) is 0 Å². The molecule has 0 spiro atoms. The van der Waals surface area contributed by atoms with Crippen molar-refractivity contribution in [3.05, 3.63) is 103 Å². The molecule has 0 radical (unpaired) electrons. The zero-order valence-corrected chi connectivity index (χ0v) is 14.7. The molecule has 0 atom stereocenters. The number of pyridine rings is 1. The summed E-state index contributed by atoms with van der Waals surface area (Å²) >= 11 is 0. The van der Waals surface area contributed by atoms with E-state index in [1.807, 2.05) is 65.5 Å². The number of para-hydroxylation sites is 1. The maximum atomic E-state index is 4.92. The fourth-order valence-electron chi connectivity index (χ4n) is 3.37. The molecule has 5 rings (SSSR count). The molecule has 27 heavy (non-hydrogen) atoms. The second-order valence-electron chi connectivity index (χ2n) is 6.42. The maximum Gasteiger partial charge on any atom is 0.104 e. The van der Waals surface area contributed by atoms with Gasteiger partial charge >= 0.3 is 0 Å². The van der Waals surface area contributed by atoms with Crippen molar-refractivity contribution in [1.82, 2.24) is 14.8 Å². The molecule has 0 unspecified atom stereocenters. The van der Waals surface area contributed by atoms with E-state index >= 15 is 0 Å². The van der Waals surface area contributed by atoms with Crippen molar-refractivity contribution in [2.24, 2.45) is 0 Å².